The molecule has 22 heavy (non-hydrogen) atoms. The highest BCUT2D eigenvalue weighted by Gasteiger charge is 2.28. The van der Waals surface area contributed by atoms with Crippen LogP contribution in [0.15, 0.2) is 24.3 Å². The van der Waals surface area contributed by atoms with Gasteiger partial charge in [-0.25, -0.2) is 0 Å². The summed E-state index contributed by atoms with van der Waals surface area (Å²) in [4.78, 5) is 0. The van der Waals surface area contributed by atoms with Crippen LogP contribution in [0.1, 0.15) is 72.8 Å². The number of hydrogen-bond acceptors (Lipinski definition) is 2. The molecule has 0 amide bonds. The predicted molar refractivity (Wildman–Crippen MR) is 94.4 cm³/mol. The first-order chi connectivity index (χ1) is 10.3. The molecule has 1 aromatic rings. The molecule has 0 spiro atoms. The molecule has 0 saturated heterocycles. The predicted octanol–water partition coefficient (Wildman–Crippen LogP) is 6.01. The van der Waals surface area contributed by atoms with Gasteiger partial charge in [-0.2, -0.15) is 0 Å². The Hall–Kier alpha value is -1.02. The van der Waals surface area contributed by atoms with E-state index in [1.54, 1.807) is 0 Å². The zero-order chi connectivity index (χ0) is 16.8. The molecule has 0 radical (unpaired) electrons. The third-order valence-corrected chi connectivity index (χ3v) is 3.99. The minimum absolute atomic E-state index is 0.194. The first-order valence-corrected chi connectivity index (χ1v) is 8.64. The highest BCUT2D eigenvalue weighted by molar-refractivity contribution is 5.30. The van der Waals surface area contributed by atoms with Crippen molar-refractivity contribution in [3.05, 3.63) is 29.8 Å². The summed E-state index contributed by atoms with van der Waals surface area (Å²) in [5.41, 5.74) is 1.64. The third kappa shape index (κ3) is 6.00. The average Bonchev–Trinajstić information content (AvgIpc) is 2.39. The van der Waals surface area contributed by atoms with Crippen molar-refractivity contribution in [1.82, 2.24) is 0 Å². The quantitative estimate of drug-likeness (QED) is 0.432. The molecule has 2 heteroatoms. The van der Waals surface area contributed by atoms with Crippen LogP contribution in [0.2, 0.25) is 0 Å². The van der Waals surface area contributed by atoms with E-state index >= 15 is 0 Å². The minimum atomic E-state index is -0.194. The fraction of sp³-hybridized carbons (Fsp3) is 0.700. The molecule has 1 rings (SSSR count). The number of ether oxygens (including phenoxy) is 2. The van der Waals surface area contributed by atoms with Crippen LogP contribution in [0.3, 0.4) is 0 Å². The van der Waals surface area contributed by atoms with E-state index in [2.05, 4.69) is 65.8 Å². The van der Waals surface area contributed by atoms with Gasteiger partial charge in [-0.3, -0.25) is 0 Å². The van der Waals surface area contributed by atoms with E-state index in [-0.39, 0.29) is 11.7 Å². The van der Waals surface area contributed by atoms with Gasteiger partial charge >= 0.3 is 0 Å². The second-order valence-electron chi connectivity index (χ2n) is 7.57. The summed E-state index contributed by atoms with van der Waals surface area (Å²) < 4.78 is 11.5. The van der Waals surface area contributed by atoms with Crippen LogP contribution >= 0.6 is 0 Å². The summed E-state index contributed by atoms with van der Waals surface area (Å²) in [5, 5.41) is 0. The first-order valence-electron chi connectivity index (χ1n) is 8.64. The van der Waals surface area contributed by atoms with Gasteiger partial charge in [-0.05, 0) is 48.3 Å². The SMILES string of the molecule is CCCCOC(C)Oc1ccc(C(C(C)C)C(C)(C)C)cc1. The number of unbranched alkanes of at least 4 members (excludes halogenated alkanes) is 1. The molecule has 1 aromatic carbocycles. The lowest BCUT2D eigenvalue weighted by atomic mass is 9.70. The fourth-order valence-electron chi connectivity index (χ4n) is 3.26. The van der Waals surface area contributed by atoms with Crippen molar-refractivity contribution in [2.45, 2.75) is 73.5 Å². The van der Waals surface area contributed by atoms with Crippen molar-refractivity contribution >= 4 is 0 Å². The molecule has 0 aliphatic rings. The molecule has 0 aliphatic carbocycles. The molecule has 0 N–H and O–H groups in total. The van der Waals surface area contributed by atoms with Gasteiger partial charge in [0, 0.05) is 0 Å². The van der Waals surface area contributed by atoms with Crippen LogP contribution in [0.5, 0.6) is 5.75 Å². The molecule has 0 aliphatic heterocycles. The van der Waals surface area contributed by atoms with Gasteiger partial charge in [0.15, 0.2) is 6.29 Å². The lowest BCUT2D eigenvalue weighted by molar-refractivity contribution is -0.0673. The topological polar surface area (TPSA) is 18.5 Å². The molecule has 126 valence electrons. The Kier molecular flexibility index (Phi) is 7.41. The molecule has 2 unspecified atom stereocenters. The van der Waals surface area contributed by atoms with Crippen molar-refractivity contribution in [2.75, 3.05) is 6.61 Å². The van der Waals surface area contributed by atoms with E-state index in [4.69, 9.17) is 9.47 Å². The van der Waals surface area contributed by atoms with Crippen molar-refractivity contribution in [3.63, 3.8) is 0 Å². The number of hydrogen-bond donors (Lipinski definition) is 0. The summed E-state index contributed by atoms with van der Waals surface area (Å²) in [6, 6.07) is 8.53. The summed E-state index contributed by atoms with van der Waals surface area (Å²) in [5.74, 6) is 2.03. The Balaban J connectivity index is 2.69. The third-order valence-electron chi connectivity index (χ3n) is 3.99. The summed E-state index contributed by atoms with van der Waals surface area (Å²) >= 11 is 0. The van der Waals surface area contributed by atoms with Crippen LogP contribution in [-0.4, -0.2) is 12.9 Å². The lowest BCUT2D eigenvalue weighted by Crippen LogP contribution is -2.23. The molecular weight excluding hydrogens is 272 g/mol. The lowest BCUT2D eigenvalue weighted by Gasteiger charge is -2.34. The van der Waals surface area contributed by atoms with Crippen molar-refractivity contribution in [3.8, 4) is 5.75 Å². The van der Waals surface area contributed by atoms with Gasteiger partial charge in [0.1, 0.15) is 5.75 Å². The Bertz CT molecular complexity index is 414. The smallest absolute Gasteiger partial charge is 0.196 e. The van der Waals surface area contributed by atoms with Crippen molar-refractivity contribution < 1.29 is 9.47 Å². The molecule has 0 fully saturated rings. The van der Waals surface area contributed by atoms with Gasteiger partial charge in [0.05, 0.1) is 6.61 Å². The van der Waals surface area contributed by atoms with Crippen LogP contribution < -0.4 is 4.74 Å². The van der Waals surface area contributed by atoms with E-state index in [0.29, 0.717) is 11.8 Å². The Morgan fingerprint density at radius 3 is 2.05 bits per heavy atom. The normalized spacial score (nSPS) is 14.9. The molecule has 0 bridgehead atoms. The fourth-order valence-corrected chi connectivity index (χ4v) is 3.26. The Morgan fingerprint density at radius 2 is 1.59 bits per heavy atom. The number of benzene rings is 1. The van der Waals surface area contributed by atoms with Crippen LogP contribution in [0, 0.1) is 11.3 Å². The van der Waals surface area contributed by atoms with E-state index < -0.39 is 0 Å². The Labute approximate surface area is 137 Å². The maximum absolute atomic E-state index is 5.82. The van der Waals surface area contributed by atoms with Crippen LogP contribution in [-0.2, 0) is 4.74 Å². The molecule has 2 atom stereocenters. The zero-order valence-electron chi connectivity index (χ0n) is 15.5. The molecule has 0 heterocycles. The maximum Gasteiger partial charge on any atom is 0.196 e. The second kappa shape index (κ2) is 8.57. The molecular formula is C20H34O2. The Morgan fingerprint density at radius 1 is 1.00 bits per heavy atom. The number of rotatable bonds is 8. The van der Waals surface area contributed by atoms with E-state index in [9.17, 15) is 0 Å². The summed E-state index contributed by atoms with van der Waals surface area (Å²) in [7, 11) is 0. The largest absolute Gasteiger partial charge is 0.465 e. The summed E-state index contributed by atoms with van der Waals surface area (Å²) in [6.07, 6.45) is 2.03. The first kappa shape index (κ1) is 19.0. The molecule has 0 aromatic heterocycles. The minimum Gasteiger partial charge on any atom is -0.465 e. The highest BCUT2D eigenvalue weighted by Crippen LogP contribution is 2.40. The van der Waals surface area contributed by atoms with E-state index in [1.807, 2.05) is 6.92 Å². The van der Waals surface area contributed by atoms with Crippen molar-refractivity contribution in [1.29, 1.82) is 0 Å². The molecule has 2 nitrogen and oxygen atoms in total. The average molecular weight is 306 g/mol. The molecule has 0 saturated carbocycles. The standard InChI is InChI=1S/C20H34O2/c1-8-9-14-21-16(4)22-18-12-10-17(11-13-18)19(15(2)3)20(5,6)7/h10-13,15-16,19H,8-9,14H2,1-7H3. The second-order valence-corrected chi connectivity index (χ2v) is 7.57. The van der Waals surface area contributed by atoms with Gasteiger partial charge < -0.3 is 9.47 Å². The van der Waals surface area contributed by atoms with Gasteiger partial charge in [-0.15, -0.1) is 0 Å². The van der Waals surface area contributed by atoms with Crippen LogP contribution in [0.4, 0.5) is 0 Å². The maximum atomic E-state index is 5.82. The monoisotopic (exact) mass is 306 g/mol. The highest BCUT2D eigenvalue weighted by atomic mass is 16.7. The van der Waals surface area contributed by atoms with Crippen LogP contribution in [0.25, 0.3) is 0 Å². The summed E-state index contributed by atoms with van der Waals surface area (Å²) in [6.45, 7) is 16.4. The van der Waals surface area contributed by atoms with E-state index in [1.165, 1.54) is 5.56 Å². The van der Waals surface area contributed by atoms with E-state index in [0.717, 1.165) is 25.2 Å². The van der Waals surface area contributed by atoms with Crippen molar-refractivity contribution in [2.24, 2.45) is 11.3 Å². The van der Waals surface area contributed by atoms with Gasteiger partial charge in [0.25, 0.3) is 0 Å². The van der Waals surface area contributed by atoms with Gasteiger partial charge in [-0.1, -0.05) is 60.1 Å². The zero-order valence-corrected chi connectivity index (χ0v) is 15.5. The van der Waals surface area contributed by atoms with Gasteiger partial charge in [0.2, 0.25) is 0 Å².